The molecule has 3 aromatic rings. The summed E-state index contributed by atoms with van der Waals surface area (Å²) in [4.78, 5) is 12.8. The van der Waals surface area contributed by atoms with Gasteiger partial charge in [0.15, 0.2) is 0 Å². The number of hydrogen-bond acceptors (Lipinski definition) is 6. The number of sulfonamides is 2. The first-order chi connectivity index (χ1) is 22.7. The summed E-state index contributed by atoms with van der Waals surface area (Å²) in [5.74, 6) is -0.00621. The lowest BCUT2D eigenvalue weighted by molar-refractivity contribution is 0.0919. The molecule has 0 aromatic heterocycles. The monoisotopic (exact) mass is 714 g/mol. The maximum Gasteiger partial charge on any atom is 0.251 e. The molecule has 2 fully saturated rings. The molecule has 1 saturated heterocycles. The maximum atomic E-state index is 14.2. The molecule has 12 heteroatoms. The van der Waals surface area contributed by atoms with E-state index in [-0.39, 0.29) is 46.3 Å². The zero-order valence-electron chi connectivity index (χ0n) is 28.0. The van der Waals surface area contributed by atoms with Crippen LogP contribution in [0.5, 0.6) is 0 Å². The van der Waals surface area contributed by atoms with Crippen LogP contribution in [0.1, 0.15) is 80.8 Å². The van der Waals surface area contributed by atoms with Crippen molar-refractivity contribution in [3.8, 4) is 0 Å². The third kappa shape index (κ3) is 9.25. The van der Waals surface area contributed by atoms with Crippen molar-refractivity contribution >= 4 is 37.6 Å². The smallest absolute Gasteiger partial charge is 0.251 e. The number of piperidine rings is 1. The lowest BCUT2D eigenvalue weighted by Crippen LogP contribution is -2.40. The van der Waals surface area contributed by atoms with Crippen LogP contribution in [0.2, 0.25) is 5.02 Å². The number of rotatable bonds is 12. The summed E-state index contributed by atoms with van der Waals surface area (Å²) in [5, 5.41) is 6.86. The Morgan fingerprint density at radius 3 is 1.85 bits per heavy atom. The molecule has 5 rings (SSSR count). The van der Waals surface area contributed by atoms with Gasteiger partial charge in [-0.05, 0) is 125 Å². The van der Waals surface area contributed by atoms with Crippen LogP contribution in [0.4, 0.5) is 0 Å². The summed E-state index contributed by atoms with van der Waals surface area (Å²) in [7, 11) is -7.90. The first kappa shape index (κ1) is 36.5. The lowest BCUT2D eigenvalue weighted by Gasteiger charge is -2.30. The fourth-order valence-corrected chi connectivity index (χ4v) is 9.72. The molecular weight excluding hydrogens is 668 g/mol. The predicted octanol–water partition coefficient (Wildman–Crippen LogP) is 6.19. The van der Waals surface area contributed by atoms with E-state index in [0.717, 1.165) is 62.7 Å². The molecule has 1 heterocycles. The molecule has 1 amide bonds. The van der Waals surface area contributed by atoms with E-state index < -0.39 is 20.0 Å². The standard InChI is InChI=1S/C36H47ClN4O5S2/c1-36(2,3)39-35(42)30-12-8-27(9-13-30)24-40(25-29-20-22-38-23-21-29)47(43,44)33-16-18-34(19-17-33)48(45,46)41(32-6-4-5-7-32)26-28-10-14-31(37)15-11-28/h8-19,29,32,38H,4-7,20-26H2,1-3H3,(H,39,42). The molecule has 260 valence electrons. The number of carbonyl (C=O) groups is 1. The van der Waals surface area contributed by atoms with Gasteiger partial charge in [-0.3, -0.25) is 4.79 Å². The van der Waals surface area contributed by atoms with Gasteiger partial charge in [0.25, 0.3) is 5.91 Å². The van der Waals surface area contributed by atoms with Gasteiger partial charge in [-0.1, -0.05) is 48.7 Å². The van der Waals surface area contributed by atoms with E-state index in [1.165, 1.54) is 28.6 Å². The third-order valence-electron chi connectivity index (χ3n) is 9.04. The summed E-state index contributed by atoms with van der Waals surface area (Å²) in [6.45, 7) is 8.08. The number of amides is 1. The predicted molar refractivity (Wildman–Crippen MR) is 190 cm³/mol. The molecular formula is C36H47ClN4O5S2. The molecule has 9 nitrogen and oxygen atoms in total. The second-order valence-electron chi connectivity index (χ2n) is 14.0. The van der Waals surface area contributed by atoms with Gasteiger partial charge in [-0.15, -0.1) is 0 Å². The fraction of sp³-hybridized carbons (Fsp3) is 0.472. The molecule has 2 aliphatic rings. The van der Waals surface area contributed by atoms with Crippen molar-refractivity contribution in [2.24, 2.45) is 5.92 Å². The summed E-state index contributed by atoms with van der Waals surface area (Å²) in [6, 6.07) is 19.7. The van der Waals surface area contributed by atoms with Crippen molar-refractivity contribution in [1.82, 2.24) is 19.2 Å². The molecule has 0 atom stereocenters. The van der Waals surface area contributed by atoms with Crippen LogP contribution in [-0.2, 0) is 33.1 Å². The van der Waals surface area contributed by atoms with Crippen molar-refractivity contribution < 1.29 is 21.6 Å². The fourth-order valence-electron chi connectivity index (χ4n) is 6.42. The Hall–Kier alpha value is -2.80. The number of carbonyl (C=O) groups excluding carboxylic acids is 1. The average molecular weight is 715 g/mol. The molecule has 0 spiro atoms. The molecule has 2 N–H and O–H groups in total. The summed E-state index contributed by atoms with van der Waals surface area (Å²) >= 11 is 6.07. The van der Waals surface area contributed by atoms with Gasteiger partial charge < -0.3 is 10.6 Å². The number of nitrogens with zero attached hydrogens (tertiary/aromatic N) is 2. The van der Waals surface area contributed by atoms with Gasteiger partial charge in [0, 0.05) is 41.8 Å². The van der Waals surface area contributed by atoms with Gasteiger partial charge in [0.05, 0.1) is 9.79 Å². The zero-order valence-corrected chi connectivity index (χ0v) is 30.4. The van der Waals surface area contributed by atoms with E-state index in [1.807, 2.05) is 32.9 Å². The van der Waals surface area contributed by atoms with Crippen LogP contribution in [0.25, 0.3) is 0 Å². The number of benzene rings is 3. The highest BCUT2D eigenvalue weighted by molar-refractivity contribution is 7.89. The third-order valence-corrected chi connectivity index (χ3v) is 13.0. The largest absolute Gasteiger partial charge is 0.347 e. The van der Waals surface area contributed by atoms with Gasteiger partial charge in [-0.25, -0.2) is 16.8 Å². The van der Waals surface area contributed by atoms with E-state index in [4.69, 9.17) is 11.6 Å². The quantitative estimate of drug-likeness (QED) is 0.231. The van der Waals surface area contributed by atoms with E-state index in [9.17, 15) is 21.6 Å². The van der Waals surface area contributed by atoms with Gasteiger partial charge in [0.1, 0.15) is 0 Å². The first-order valence-corrected chi connectivity index (χ1v) is 20.0. The molecule has 0 unspecified atom stereocenters. The van der Waals surface area contributed by atoms with Crippen molar-refractivity contribution in [1.29, 1.82) is 0 Å². The Morgan fingerprint density at radius 1 is 0.771 bits per heavy atom. The van der Waals surface area contributed by atoms with Gasteiger partial charge in [-0.2, -0.15) is 8.61 Å². The number of nitrogens with one attached hydrogen (secondary N) is 2. The zero-order chi connectivity index (χ0) is 34.5. The molecule has 48 heavy (non-hydrogen) atoms. The maximum absolute atomic E-state index is 14.2. The Kier molecular flexibility index (Phi) is 11.7. The second kappa shape index (κ2) is 15.4. The molecule has 0 bridgehead atoms. The van der Waals surface area contributed by atoms with E-state index >= 15 is 0 Å². The Bertz CT molecular complexity index is 1750. The topological polar surface area (TPSA) is 116 Å². The Labute approximate surface area is 291 Å². The number of hydrogen-bond donors (Lipinski definition) is 2. The molecule has 1 aliphatic heterocycles. The molecule has 0 radical (unpaired) electrons. The minimum absolute atomic E-state index is 0.0432. The van der Waals surface area contributed by atoms with E-state index in [0.29, 0.717) is 17.1 Å². The summed E-state index contributed by atoms with van der Waals surface area (Å²) in [5.41, 5.74) is 1.72. The molecule has 1 aliphatic carbocycles. The Morgan fingerprint density at radius 2 is 1.29 bits per heavy atom. The average Bonchev–Trinajstić information content (AvgIpc) is 3.59. The Balaban J connectivity index is 1.39. The SMILES string of the molecule is CC(C)(C)NC(=O)c1ccc(CN(CC2CCNCC2)S(=O)(=O)c2ccc(S(=O)(=O)N(Cc3ccc(Cl)cc3)C3CCCC3)cc2)cc1. The number of halogens is 1. The second-order valence-corrected chi connectivity index (χ2v) is 18.2. The normalized spacial score (nSPS) is 16.9. The summed E-state index contributed by atoms with van der Waals surface area (Å²) < 4.78 is 59.5. The molecule has 3 aromatic carbocycles. The lowest BCUT2D eigenvalue weighted by atomic mass is 9.98. The minimum atomic E-state index is -3.99. The van der Waals surface area contributed by atoms with Crippen molar-refractivity contribution in [3.05, 3.63) is 94.5 Å². The van der Waals surface area contributed by atoms with Crippen LogP contribution in [0, 0.1) is 5.92 Å². The van der Waals surface area contributed by atoms with Crippen LogP contribution in [-0.4, -0.2) is 62.6 Å². The highest BCUT2D eigenvalue weighted by Gasteiger charge is 2.34. The molecule has 1 saturated carbocycles. The van der Waals surface area contributed by atoms with Crippen molar-refractivity contribution in [2.45, 2.75) is 93.8 Å². The highest BCUT2D eigenvalue weighted by atomic mass is 35.5. The van der Waals surface area contributed by atoms with Crippen LogP contribution < -0.4 is 10.6 Å². The van der Waals surface area contributed by atoms with E-state index in [2.05, 4.69) is 10.6 Å². The first-order valence-electron chi connectivity index (χ1n) is 16.7. The van der Waals surface area contributed by atoms with Crippen LogP contribution >= 0.6 is 11.6 Å². The van der Waals surface area contributed by atoms with Crippen molar-refractivity contribution in [2.75, 3.05) is 19.6 Å². The van der Waals surface area contributed by atoms with E-state index in [1.54, 1.807) is 40.7 Å². The highest BCUT2D eigenvalue weighted by Crippen LogP contribution is 2.32. The van der Waals surface area contributed by atoms with Crippen molar-refractivity contribution in [3.63, 3.8) is 0 Å². The summed E-state index contributed by atoms with van der Waals surface area (Å²) in [6.07, 6.45) is 5.22. The van der Waals surface area contributed by atoms with Crippen LogP contribution in [0.15, 0.2) is 82.6 Å². The minimum Gasteiger partial charge on any atom is -0.347 e. The van der Waals surface area contributed by atoms with Crippen LogP contribution in [0.3, 0.4) is 0 Å². The van der Waals surface area contributed by atoms with Gasteiger partial charge >= 0.3 is 0 Å². The van der Waals surface area contributed by atoms with Gasteiger partial charge in [0.2, 0.25) is 20.0 Å².